The number of carbonyl (C=O) groups excluding carboxylic acids is 1. The van der Waals surface area contributed by atoms with Crippen LogP contribution < -0.4 is 14.8 Å². The maximum absolute atomic E-state index is 12.9. The number of hydrogen-bond acceptors (Lipinski definition) is 5. The monoisotopic (exact) mass is 451 g/mol. The van der Waals surface area contributed by atoms with E-state index in [4.69, 9.17) is 5.14 Å². The molecule has 1 aliphatic heterocycles. The standard InChI is InChI=1S/C20H25N3O5S2/c1-13(2)19(24)23-12-20(3,4)17-11-16(9-10-18(17)23)30(27,28)22-14-5-7-15(8-6-14)29(21,25)26/h5-11,13,22H,12H2,1-4H3,(H2,21,25,26). The number of carbonyl (C=O) groups is 1. The van der Waals surface area contributed by atoms with Crippen molar-refractivity contribution in [2.24, 2.45) is 11.1 Å². The van der Waals surface area contributed by atoms with Crippen LogP contribution in [0, 0.1) is 5.92 Å². The molecule has 2 aromatic carbocycles. The molecular weight excluding hydrogens is 426 g/mol. The van der Waals surface area contributed by atoms with Gasteiger partial charge in [0.15, 0.2) is 0 Å². The highest BCUT2D eigenvalue weighted by molar-refractivity contribution is 7.92. The zero-order valence-corrected chi connectivity index (χ0v) is 18.8. The zero-order valence-electron chi connectivity index (χ0n) is 17.2. The third-order valence-electron chi connectivity index (χ3n) is 5.05. The Labute approximate surface area is 177 Å². The summed E-state index contributed by atoms with van der Waals surface area (Å²) in [5.74, 6) is -0.178. The van der Waals surface area contributed by atoms with Crippen molar-refractivity contribution in [1.29, 1.82) is 0 Å². The Balaban J connectivity index is 1.94. The van der Waals surface area contributed by atoms with E-state index < -0.39 is 25.5 Å². The summed E-state index contributed by atoms with van der Waals surface area (Å²) < 4.78 is 50.9. The number of nitrogens with one attached hydrogen (secondary N) is 1. The van der Waals surface area contributed by atoms with Crippen molar-refractivity contribution in [3.05, 3.63) is 48.0 Å². The molecule has 3 rings (SSSR count). The van der Waals surface area contributed by atoms with Crippen LogP contribution in [-0.4, -0.2) is 29.3 Å². The molecule has 0 spiro atoms. The average molecular weight is 452 g/mol. The van der Waals surface area contributed by atoms with Crippen molar-refractivity contribution in [3.63, 3.8) is 0 Å². The van der Waals surface area contributed by atoms with E-state index in [0.717, 1.165) is 11.3 Å². The Morgan fingerprint density at radius 1 is 1.03 bits per heavy atom. The molecule has 10 heteroatoms. The number of nitrogens with zero attached hydrogens (tertiary/aromatic N) is 1. The van der Waals surface area contributed by atoms with Crippen molar-refractivity contribution in [3.8, 4) is 0 Å². The van der Waals surface area contributed by atoms with Crippen LogP contribution in [0.15, 0.2) is 52.3 Å². The smallest absolute Gasteiger partial charge is 0.261 e. The average Bonchev–Trinajstić information content (AvgIpc) is 2.91. The van der Waals surface area contributed by atoms with Crippen molar-refractivity contribution in [1.82, 2.24) is 0 Å². The van der Waals surface area contributed by atoms with Crippen LogP contribution in [0.1, 0.15) is 33.3 Å². The largest absolute Gasteiger partial charge is 0.311 e. The molecular formula is C20H25N3O5S2. The second-order valence-electron chi connectivity index (χ2n) is 8.32. The molecule has 8 nitrogen and oxygen atoms in total. The van der Waals surface area contributed by atoms with Gasteiger partial charge in [-0.05, 0) is 48.0 Å². The Morgan fingerprint density at radius 2 is 1.60 bits per heavy atom. The summed E-state index contributed by atoms with van der Waals surface area (Å²) in [6.07, 6.45) is 0. The van der Waals surface area contributed by atoms with E-state index in [2.05, 4.69) is 4.72 Å². The molecule has 0 radical (unpaired) electrons. The molecule has 2 aromatic rings. The number of fused-ring (bicyclic) bond motifs is 1. The fraction of sp³-hybridized carbons (Fsp3) is 0.350. The van der Waals surface area contributed by atoms with E-state index in [1.54, 1.807) is 17.0 Å². The van der Waals surface area contributed by atoms with Crippen LogP contribution >= 0.6 is 0 Å². The number of hydrogen-bond donors (Lipinski definition) is 2. The Hall–Kier alpha value is -2.43. The minimum Gasteiger partial charge on any atom is -0.311 e. The summed E-state index contributed by atoms with van der Waals surface area (Å²) >= 11 is 0. The number of sulfonamides is 2. The van der Waals surface area contributed by atoms with Gasteiger partial charge in [0.05, 0.1) is 9.79 Å². The van der Waals surface area contributed by atoms with E-state index in [0.29, 0.717) is 6.54 Å². The van der Waals surface area contributed by atoms with Gasteiger partial charge < -0.3 is 4.90 Å². The summed E-state index contributed by atoms with van der Waals surface area (Å²) in [6.45, 7) is 8.07. The summed E-state index contributed by atoms with van der Waals surface area (Å²) in [6, 6.07) is 9.83. The van der Waals surface area contributed by atoms with E-state index in [9.17, 15) is 21.6 Å². The predicted octanol–water partition coefficient (Wildman–Crippen LogP) is 2.42. The van der Waals surface area contributed by atoms with Gasteiger partial charge in [-0.15, -0.1) is 0 Å². The molecule has 0 aliphatic carbocycles. The van der Waals surface area contributed by atoms with Crippen molar-refractivity contribution in [2.45, 2.75) is 42.9 Å². The second-order valence-corrected chi connectivity index (χ2v) is 11.6. The lowest BCUT2D eigenvalue weighted by Crippen LogP contribution is -2.36. The molecule has 1 heterocycles. The maximum Gasteiger partial charge on any atom is 0.261 e. The molecule has 162 valence electrons. The van der Waals surface area contributed by atoms with Crippen LogP contribution in [0.2, 0.25) is 0 Å². The summed E-state index contributed by atoms with van der Waals surface area (Å²) in [5.41, 5.74) is 1.31. The highest BCUT2D eigenvalue weighted by Crippen LogP contribution is 2.42. The molecule has 0 fully saturated rings. The minimum absolute atomic E-state index is 0.00879. The lowest BCUT2D eigenvalue weighted by atomic mass is 9.87. The molecule has 1 amide bonds. The van der Waals surface area contributed by atoms with Gasteiger partial charge in [-0.1, -0.05) is 27.7 Å². The highest BCUT2D eigenvalue weighted by Gasteiger charge is 2.39. The first kappa shape index (κ1) is 22.3. The SMILES string of the molecule is CC(C)C(=O)N1CC(C)(C)c2cc(S(=O)(=O)Nc3ccc(S(N)(=O)=O)cc3)ccc21. The molecule has 0 bridgehead atoms. The summed E-state index contributed by atoms with van der Waals surface area (Å²) in [4.78, 5) is 14.2. The predicted molar refractivity (Wildman–Crippen MR) is 115 cm³/mol. The van der Waals surface area contributed by atoms with Crippen molar-refractivity contribution < 1.29 is 21.6 Å². The maximum atomic E-state index is 12.9. The third-order valence-corrected chi connectivity index (χ3v) is 7.35. The van der Waals surface area contributed by atoms with Crippen molar-refractivity contribution >= 4 is 37.3 Å². The number of primary sulfonamides is 1. The quantitative estimate of drug-likeness (QED) is 0.722. The van der Waals surface area contributed by atoms with Gasteiger partial charge in [-0.2, -0.15) is 0 Å². The molecule has 0 atom stereocenters. The molecule has 30 heavy (non-hydrogen) atoms. The van der Waals surface area contributed by atoms with E-state index >= 15 is 0 Å². The number of amides is 1. The fourth-order valence-electron chi connectivity index (χ4n) is 3.46. The fourth-order valence-corrected chi connectivity index (χ4v) is 5.06. The van der Waals surface area contributed by atoms with Gasteiger partial charge in [-0.3, -0.25) is 9.52 Å². The normalized spacial score (nSPS) is 15.9. The molecule has 0 saturated heterocycles. The number of rotatable bonds is 5. The second kappa shape index (κ2) is 7.36. The number of nitrogens with two attached hydrogens (primary N) is 1. The van der Waals surface area contributed by atoms with Crippen LogP contribution in [0.3, 0.4) is 0 Å². The third kappa shape index (κ3) is 4.21. The van der Waals surface area contributed by atoms with Crippen LogP contribution in [0.5, 0.6) is 0 Å². The molecule has 0 saturated carbocycles. The molecule has 0 aromatic heterocycles. The van der Waals surface area contributed by atoms with Gasteiger partial charge in [-0.25, -0.2) is 22.0 Å². The number of anilines is 2. The summed E-state index contributed by atoms with van der Waals surface area (Å²) in [5, 5.41) is 5.06. The van der Waals surface area contributed by atoms with Crippen LogP contribution in [0.4, 0.5) is 11.4 Å². The van der Waals surface area contributed by atoms with Gasteiger partial charge in [0, 0.05) is 29.3 Å². The molecule has 3 N–H and O–H groups in total. The first-order valence-electron chi connectivity index (χ1n) is 9.34. The lowest BCUT2D eigenvalue weighted by Gasteiger charge is -2.22. The van der Waals surface area contributed by atoms with Gasteiger partial charge in [0.25, 0.3) is 10.0 Å². The Bertz CT molecular complexity index is 1200. The van der Waals surface area contributed by atoms with Gasteiger partial charge in [0.2, 0.25) is 15.9 Å². The van der Waals surface area contributed by atoms with Gasteiger partial charge >= 0.3 is 0 Å². The van der Waals surface area contributed by atoms with Gasteiger partial charge in [0.1, 0.15) is 0 Å². The van der Waals surface area contributed by atoms with Crippen LogP contribution in [0.25, 0.3) is 0 Å². The van der Waals surface area contributed by atoms with E-state index in [-0.39, 0.29) is 27.3 Å². The topological polar surface area (TPSA) is 127 Å². The zero-order chi connectivity index (χ0) is 22.5. The first-order valence-corrected chi connectivity index (χ1v) is 12.4. The van der Waals surface area contributed by atoms with Crippen molar-refractivity contribution in [2.75, 3.05) is 16.2 Å². The summed E-state index contributed by atoms with van der Waals surface area (Å²) in [7, 11) is -7.78. The van der Waals surface area contributed by atoms with E-state index in [1.165, 1.54) is 30.3 Å². The Kier molecular flexibility index (Phi) is 5.46. The van der Waals surface area contributed by atoms with Crippen LogP contribution in [-0.2, 0) is 30.3 Å². The number of benzene rings is 2. The minimum atomic E-state index is -3.92. The van der Waals surface area contributed by atoms with E-state index in [1.807, 2.05) is 27.7 Å². The first-order chi connectivity index (χ1) is 13.7. The molecule has 1 aliphatic rings. The Morgan fingerprint density at radius 3 is 2.13 bits per heavy atom. The molecule has 0 unspecified atom stereocenters. The lowest BCUT2D eigenvalue weighted by molar-refractivity contribution is -0.121. The highest BCUT2D eigenvalue weighted by atomic mass is 32.2.